The monoisotopic (exact) mass is 348 g/mol. The Hall–Kier alpha value is -1.22. The zero-order chi connectivity index (χ0) is 18.7. The molecule has 25 heavy (non-hydrogen) atoms. The summed E-state index contributed by atoms with van der Waals surface area (Å²) in [5, 5.41) is 0. The lowest BCUT2D eigenvalue weighted by Crippen LogP contribution is -2.24. The van der Waals surface area contributed by atoms with Gasteiger partial charge in [-0.1, -0.05) is 25.8 Å². The van der Waals surface area contributed by atoms with E-state index in [-0.39, 0.29) is 17.3 Å². The number of hydrogen-bond donors (Lipinski definition) is 0. The van der Waals surface area contributed by atoms with Gasteiger partial charge in [0.1, 0.15) is 17.1 Å². The third-order valence-electron chi connectivity index (χ3n) is 5.14. The summed E-state index contributed by atoms with van der Waals surface area (Å²) in [4.78, 5) is 0. The average molecular weight is 349 g/mol. The summed E-state index contributed by atoms with van der Waals surface area (Å²) in [6.07, 6.45) is 5.74. The maximum Gasteiger partial charge on any atom is 0.127 e. The van der Waals surface area contributed by atoms with Gasteiger partial charge in [0, 0.05) is 19.6 Å². The molecule has 0 fully saturated rings. The van der Waals surface area contributed by atoms with E-state index in [0.717, 1.165) is 30.8 Å². The van der Waals surface area contributed by atoms with E-state index in [1.165, 1.54) is 18.4 Å². The molecule has 0 aromatic heterocycles. The summed E-state index contributed by atoms with van der Waals surface area (Å²) >= 11 is 0. The van der Waals surface area contributed by atoms with Crippen LogP contribution in [0.4, 0.5) is 0 Å². The average Bonchev–Trinajstić information content (AvgIpc) is 2.80. The van der Waals surface area contributed by atoms with Gasteiger partial charge in [0.15, 0.2) is 0 Å². The van der Waals surface area contributed by atoms with Crippen molar-refractivity contribution in [2.45, 2.75) is 91.0 Å². The fraction of sp³-hybridized carbons (Fsp3) is 0.727. The van der Waals surface area contributed by atoms with Crippen LogP contribution in [0.3, 0.4) is 0 Å². The molecule has 0 saturated heterocycles. The third kappa shape index (κ3) is 6.22. The van der Waals surface area contributed by atoms with Crippen molar-refractivity contribution in [1.82, 2.24) is 0 Å². The molecule has 0 amide bonds. The van der Waals surface area contributed by atoms with E-state index in [4.69, 9.17) is 14.2 Å². The summed E-state index contributed by atoms with van der Waals surface area (Å²) in [5.41, 5.74) is 1.16. The van der Waals surface area contributed by atoms with E-state index >= 15 is 0 Å². The van der Waals surface area contributed by atoms with E-state index in [0.29, 0.717) is 5.92 Å². The van der Waals surface area contributed by atoms with Crippen LogP contribution in [-0.2, 0) is 11.2 Å². The Bertz CT molecular complexity index is 562. The Labute approximate surface area is 154 Å². The second-order valence-electron chi connectivity index (χ2n) is 8.93. The van der Waals surface area contributed by atoms with Crippen LogP contribution < -0.4 is 9.47 Å². The number of ether oxygens (including phenoxy) is 3. The van der Waals surface area contributed by atoms with Crippen LogP contribution in [0.2, 0.25) is 0 Å². The molecule has 0 saturated carbocycles. The fourth-order valence-corrected chi connectivity index (χ4v) is 3.58. The highest BCUT2D eigenvalue weighted by atomic mass is 16.5. The molecule has 2 unspecified atom stereocenters. The van der Waals surface area contributed by atoms with Gasteiger partial charge >= 0.3 is 0 Å². The van der Waals surface area contributed by atoms with Crippen molar-refractivity contribution < 1.29 is 14.2 Å². The first-order chi connectivity index (χ1) is 11.6. The molecule has 3 heteroatoms. The number of rotatable bonds is 9. The Morgan fingerprint density at radius 1 is 1.24 bits per heavy atom. The van der Waals surface area contributed by atoms with E-state index in [9.17, 15) is 0 Å². The first kappa shape index (κ1) is 20.1. The van der Waals surface area contributed by atoms with E-state index in [2.05, 4.69) is 53.7 Å². The molecular formula is C22H36O3. The minimum absolute atomic E-state index is 0.0139. The Kier molecular flexibility index (Phi) is 6.42. The van der Waals surface area contributed by atoms with Crippen molar-refractivity contribution in [3.05, 3.63) is 23.8 Å². The molecule has 0 spiro atoms. The quantitative estimate of drug-likeness (QED) is 0.565. The van der Waals surface area contributed by atoms with Gasteiger partial charge in [0.2, 0.25) is 0 Å². The summed E-state index contributed by atoms with van der Waals surface area (Å²) in [6.45, 7) is 13.0. The molecule has 0 N–H and O–H groups in total. The van der Waals surface area contributed by atoms with Crippen molar-refractivity contribution in [3.63, 3.8) is 0 Å². The van der Waals surface area contributed by atoms with Crippen LogP contribution in [0.25, 0.3) is 0 Å². The van der Waals surface area contributed by atoms with Gasteiger partial charge in [0.25, 0.3) is 0 Å². The summed E-state index contributed by atoms with van der Waals surface area (Å²) in [6, 6.07) is 6.26. The molecule has 2 atom stereocenters. The molecule has 1 aromatic carbocycles. The molecule has 3 nitrogen and oxygen atoms in total. The molecule has 2 rings (SSSR count). The second kappa shape index (κ2) is 7.99. The SMILES string of the molecule is COC(C)(C)CCCC(C)CC(C)Oc1ccc2c(c1)OC(C)(C)C2. The molecule has 0 radical (unpaired) electrons. The largest absolute Gasteiger partial charge is 0.491 e. The molecular weight excluding hydrogens is 312 g/mol. The van der Waals surface area contributed by atoms with Crippen LogP contribution in [0.15, 0.2) is 18.2 Å². The van der Waals surface area contributed by atoms with Crippen molar-refractivity contribution in [2.75, 3.05) is 7.11 Å². The van der Waals surface area contributed by atoms with Crippen LogP contribution in [0.1, 0.15) is 72.8 Å². The van der Waals surface area contributed by atoms with Crippen LogP contribution in [0.5, 0.6) is 11.5 Å². The van der Waals surface area contributed by atoms with Gasteiger partial charge in [-0.2, -0.15) is 0 Å². The zero-order valence-electron chi connectivity index (χ0n) is 17.1. The summed E-state index contributed by atoms with van der Waals surface area (Å²) < 4.78 is 17.6. The lowest BCUT2D eigenvalue weighted by molar-refractivity contribution is 0.0124. The van der Waals surface area contributed by atoms with Crippen LogP contribution in [0, 0.1) is 5.92 Å². The first-order valence-corrected chi connectivity index (χ1v) is 9.64. The molecule has 1 heterocycles. The molecule has 1 aliphatic heterocycles. The summed E-state index contributed by atoms with van der Waals surface area (Å²) in [7, 11) is 1.79. The number of hydrogen-bond acceptors (Lipinski definition) is 3. The lowest BCUT2D eigenvalue weighted by atomic mass is 9.93. The maximum atomic E-state index is 6.14. The predicted octanol–water partition coefficient (Wildman–Crippen LogP) is 5.79. The van der Waals surface area contributed by atoms with Crippen molar-refractivity contribution in [3.8, 4) is 11.5 Å². The van der Waals surface area contributed by atoms with E-state index in [1.54, 1.807) is 7.11 Å². The normalized spacial score (nSPS) is 18.4. The van der Waals surface area contributed by atoms with Crippen molar-refractivity contribution >= 4 is 0 Å². The van der Waals surface area contributed by atoms with E-state index < -0.39 is 0 Å². The molecule has 1 aromatic rings. The van der Waals surface area contributed by atoms with Crippen molar-refractivity contribution in [2.24, 2.45) is 5.92 Å². The van der Waals surface area contributed by atoms with Gasteiger partial charge < -0.3 is 14.2 Å². The minimum atomic E-state index is -0.100. The van der Waals surface area contributed by atoms with Crippen molar-refractivity contribution in [1.29, 1.82) is 0 Å². The van der Waals surface area contributed by atoms with Crippen LogP contribution >= 0.6 is 0 Å². The Morgan fingerprint density at radius 3 is 2.64 bits per heavy atom. The zero-order valence-corrected chi connectivity index (χ0v) is 17.1. The number of methoxy groups -OCH3 is 1. The number of fused-ring (bicyclic) bond motifs is 1. The molecule has 142 valence electrons. The van der Waals surface area contributed by atoms with E-state index in [1.807, 2.05) is 6.07 Å². The minimum Gasteiger partial charge on any atom is -0.491 e. The molecule has 1 aliphatic rings. The predicted molar refractivity (Wildman–Crippen MR) is 104 cm³/mol. The molecule has 0 bridgehead atoms. The highest BCUT2D eigenvalue weighted by Gasteiger charge is 2.30. The summed E-state index contributed by atoms with van der Waals surface area (Å²) in [5.74, 6) is 2.54. The fourth-order valence-electron chi connectivity index (χ4n) is 3.58. The standard InChI is InChI=1S/C22H36O3/c1-16(9-8-12-21(3,4)23-7)13-17(2)24-19-11-10-18-15-22(5,6)25-20(18)14-19/h10-11,14,16-17H,8-9,12-13,15H2,1-7H3. The lowest BCUT2D eigenvalue weighted by Gasteiger charge is -2.24. The highest BCUT2D eigenvalue weighted by molar-refractivity contribution is 5.44. The third-order valence-corrected chi connectivity index (χ3v) is 5.14. The van der Waals surface area contributed by atoms with Gasteiger partial charge in [-0.15, -0.1) is 0 Å². The Morgan fingerprint density at radius 2 is 1.96 bits per heavy atom. The Balaban J connectivity index is 1.78. The van der Waals surface area contributed by atoms with Gasteiger partial charge in [-0.25, -0.2) is 0 Å². The second-order valence-corrected chi connectivity index (χ2v) is 8.93. The topological polar surface area (TPSA) is 27.7 Å². The highest BCUT2D eigenvalue weighted by Crippen LogP contribution is 2.37. The van der Waals surface area contributed by atoms with Crippen LogP contribution in [-0.4, -0.2) is 24.4 Å². The number of benzene rings is 1. The first-order valence-electron chi connectivity index (χ1n) is 9.64. The maximum absolute atomic E-state index is 6.14. The molecule has 0 aliphatic carbocycles. The van der Waals surface area contributed by atoms with Gasteiger partial charge in [-0.05, 0) is 65.0 Å². The van der Waals surface area contributed by atoms with Gasteiger partial charge in [-0.3, -0.25) is 0 Å². The smallest absolute Gasteiger partial charge is 0.127 e. The van der Waals surface area contributed by atoms with Gasteiger partial charge in [0.05, 0.1) is 11.7 Å².